The van der Waals surface area contributed by atoms with Gasteiger partial charge in [0.1, 0.15) is 5.78 Å². The molecule has 0 unspecified atom stereocenters. The minimum atomic E-state index is 0.350. The summed E-state index contributed by atoms with van der Waals surface area (Å²) in [6.07, 6.45) is 33.5. The van der Waals surface area contributed by atoms with Gasteiger partial charge in [-0.15, -0.1) is 0 Å². The summed E-state index contributed by atoms with van der Waals surface area (Å²) in [4.78, 5) is 10.9. The summed E-state index contributed by atoms with van der Waals surface area (Å²) in [6, 6.07) is 0. The number of hydrogen-bond acceptors (Lipinski definition) is 1. The van der Waals surface area contributed by atoms with Crippen LogP contribution in [0, 0.1) is 0 Å². The van der Waals surface area contributed by atoms with Crippen molar-refractivity contribution in [3.05, 3.63) is 0 Å². The molecular weight excluding hydrogens is 340 g/mol. The number of hydrogen-bond donors (Lipinski definition) is 0. The number of unbranched alkanes of at least 4 members (excludes halogenated alkanes) is 22. The van der Waals surface area contributed by atoms with Crippen LogP contribution >= 0.6 is 0 Å². The predicted octanol–water partition coefficient (Wildman–Crippen LogP) is 9.96. The van der Waals surface area contributed by atoms with Gasteiger partial charge in [0.25, 0.3) is 0 Å². The van der Waals surface area contributed by atoms with E-state index in [1.54, 1.807) is 6.92 Å². The summed E-state index contributed by atoms with van der Waals surface area (Å²) >= 11 is 0. The highest BCUT2D eigenvalue weighted by atomic mass is 16.1. The maximum absolute atomic E-state index is 10.9. The van der Waals surface area contributed by atoms with E-state index in [4.69, 9.17) is 0 Å². The van der Waals surface area contributed by atoms with Crippen LogP contribution in [0.2, 0.25) is 0 Å². The number of carbonyl (C=O) groups excluding carboxylic acids is 1. The van der Waals surface area contributed by atoms with Gasteiger partial charge in [-0.3, -0.25) is 0 Å². The van der Waals surface area contributed by atoms with Gasteiger partial charge < -0.3 is 4.79 Å². The molecule has 1 nitrogen and oxygen atoms in total. The van der Waals surface area contributed by atoms with Gasteiger partial charge in [-0.05, 0) is 13.3 Å². The molecule has 0 heterocycles. The average molecular weight is 395 g/mol. The Balaban J connectivity index is 2.99. The zero-order chi connectivity index (χ0) is 20.5. The van der Waals surface area contributed by atoms with E-state index in [0.717, 1.165) is 12.8 Å². The van der Waals surface area contributed by atoms with Crippen molar-refractivity contribution in [1.29, 1.82) is 0 Å². The molecule has 0 aliphatic rings. The fourth-order valence-corrected chi connectivity index (χ4v) is 4.16. The zero-order valence-electron chi connectivity index (χ0n) is 19.9. The highest BCUT2D eigenvalue weighted by Crippen LogP contribution is 2.15. The van der Waals surface area contributed by atoms with Crippen molar-refractivity contribution in [2.24, 2.45) is 0 Å². The second-order valence-corrected chi connectivity index (χ2v) is 9.23. The number of carbonyl (C=O) groups is 1. The molecule has 28 heavy (non-hydrogen) atoms. The van der Waals surface area contributed by atoms with E-state index in [1.807, 2.05) is 0 Å². The molecule has 0 saturated heterocycles. The maximum Gasteiger partial charge on any atom is 0.129 e. The van der Waals surface area contributed by atoms with Crippen molar-refractivity contribution in [3.63, 3.8) is 0 Å². The van der Waals surface area contributed by atoms with Gasteiger partial charge >= 0.3 is 0 Å². The third-order valence-electron chi connectivity index (χ3n) is 6.13. The smallest absolute Gasteiger partial charge is 0.129 e. The lowest BCUT2D eigenvalue weighted by Crippen LogP contribution is -1.89. The number of Topliss-reactive ketones (excluding diaryl/α,β-unsaturated/α-hetero) is 1. The fourth-order valence-electron chi connectivity index (χ4n) is 4.16. The predicted molar refractivity (Wildman–Crippen MR) is 127 cm³/mol. The van der Waals surface area contributed by atoms with Gasteiger partial charge in [-0.25, -0.2) is 0 Å². The topological polar surface area (TPSA) is 17.1 Å². The van der Waals surface area contributed by atoms with Crippen molar-refractivity contribution >= 4 is 5.78 Å². The average Bonchev–Trinajstić information content (AvgIpc) is 2.68. The Hall–Kier alpha value is -0.330. The molecule has 1 heteroatoms. The Morgan fingerprint density at radius 1 is 0.393 bits per heavy atom. The first-order chi connectivity index (χ1) is 13.8. The lowest BCUT2D eigenvalue weighted by molar-refractivity contribution is -0.117. The van der Waals surface area contributed by atoms with E-state index in [2.05, 4.69) is 6.92 Å². The van der Waals surface area contributed by atoms with E-state index >= 15 is 0 Å². The Bertz CT molecular complexity index is 297. The molecule has 0 spiro atoms. The minimum Gasteiger partial charge on any atom is -0.300 e. The summed E-state index contributed by atoms with van der Waals surface area (Å²) in [6.45, 7) is 4.00. The summed E-state index contributed by atoms with van der Waals surface area (Å²) in [7, 11) is 0. The van der Waals surface area contributed by atoms with Crippen LogP contribution in [0.4, 0.5) is 0 Å². The second-order valence-electron chi connectivity index (χ2n) is 9.23. The summed E-state index contributed by atoms with van der Waals surface area (Å²) in [5.74, 6) is 0.350. The van der Waals surface area contributed by atoms with Crippen molar-refractivity contribution in [2.45, 2.75) is 168 Å². The van der Waals surface area contributed by atoms with Gasteiger partial charge in [0.05, 0.1) is 0 Å². The van der Waals surface area contributed by atoms with E-state index in [9.17, 15) is 4.79 Å². The van der Waals surface area contributed by atoms with Crippen LogP contribution in [-0.2, 0) is 4.79 Å². The first-order valence-corrected chi connectivity index (χ1v) is 13.3. The molecule has 0 fully saturated rings. The van der Waals surface area contributed by atoms with Crippen molar-refractivity contribution < 1.29 is 4.79 Å². The van der Waals surface area contributed by atoms with Crippen LogP contribution in [0.1, 0.15) is 168 Å². The van der Waals surface area contributed by atoms with Crippen LogP contribution in [0.25, 0.3) is 0 Å². The van der Waals surface area contributed by atoms with E-state index in [-0.39, 0.29) is 0 Å². The first-order valence-electron chi connectivity index (χ1n) is 13.3. The van der Waals surface area contributed by atoms with E-state index < -0.39 is 0 Å². The Morgan fingerprint density at radius 3 is 0.821 bits per heavy atom. The highest BCUT2D eigenvalue weighted by Gasteiger charge is 1.96. The van der Waals surface area contributed by atoms with Crippen LogP contribution in [0.3, 0.4) is 0 Å². The van der Waals surface area contributed by atoms with Gasteiger partial charge in [0, 0.05) is 6.42 Å². The van der Waals surface area contributed by atoms with Crippen molar-refractivity contribution in [3.8, 4) is 0 Å². The maximum atomic E-state index is 10.9. The van der Waals surface area contributed by atoms with Crippen LogP contribution in [-0.4, -0.2) is 5.78 Å². The molecule has 0 aromatic rings. The molecule has 0 N–H and O–H groups in total. The molecular formula is C27H54O. The SMILES string of the molecule is CCCCCCCCCCCCCCCCCCCCCCCCCC(C)=O. The van der Waals surface area contributed by atoms with Crippen molar-refractivity contribution in [2.75, 3.05) is 0 Å². The lowest BCUT2D eigenvalue weighted by Gasteiger charge is -2.04. The van der Waals surface area contributed by atoms with Crippen molar-refractivity contribution in [1.82, 2.24) is 0 Å². The fraction of sp³-hybridized carbons (Fsp3) is 0.963. The van der Waals surface area contributed by atoms with Gasteiger partial charge in [-0.1, -0.05) is 148 Å². The van der Waals surface area contributed by atoms with Crippen LogP contribution in [0.15, 0.2) is 0 Å². The summed E-state index contributed by atoms with van der Waals surface area (Å²) in [5, 5.41) is 0. The quantitative estimate of drug-likeness (QED) is 0.149. The second kappa shape index (κ2) is 24.7. The molecule has 0 rings (SSSR count). The Labute approximate surface area is 178 Å². The molecule has 0 radical (unpaired) electrons. The first kappa shape index (κ1) is 27.7. The van der Waals surface area contributed by atoms with Gasteiger partial charge in [0.2, 0.25) is 0 Å². The number of rotatable bonds is 24. The number of ketones is 1. The molecule has 0 atom stereocenters. The third-order valence-corrected chi connectivity index (χ3v) is 6.13. The minimum absolute atomic E-state index is 0.350. The lowest BCUT2D eigenvalue weighted by atomic mass is 10.0. The third kappa shape index (κ3) is 25.7. The summed E-state index contributed by atoms with van der Waals surface area (Å²) < 4.78 is 0. The van der Waals surface area contributed by atoms with Gasteiger partial charge in [0.15, 0.2) is 0 Å². The zero-order valence-corrected chi connectivity index (χ0v) is 19.9. The molecule has 0 aromatic heterocycles. The molecule has 0 amide bonds. The Morgan fingerprint density at radius 2 is 0.607 bits per heavy atom. The molecule has 0 aromatic carbocycles. The standard InChI is InChI=1S/C27H54O/c1-3-4-5-6-7-8-9-10-11-12-13-14-15-16-17-18-19-20-21-22-23-24-25-26-27(2)28/h3-26H2,1-2H3. The summed E-state index contributed by atoms with van der Waals surface area (Å²) in [5.41, 5.74) is 0. The van der Waals surface area contributed by atoms with E-state index in [1.165, 1.54) is 141 Å². The molecule has 168 valence electrons. The molecule has 0 bridgehead atoms. The molecule has 0 saturated carbocycles. The van der Waals surface area contributed by atoms with Crippen LogP contribution < -0.4 is 0 Å². The van der Waals surface area contributed by atoms with Gasteiger partial charge in [-0.2, -0.15) is 0 Å². The van der Waals surface area contributed by atoms with Crippen LogP contribution in [0.5, 0.6) is 0 Å². The highest BCUT2D eigenvalue weighted by molar-refractivity contribution is 5.75. The molecule has 0 aliphatic carbocycles. The molecule has 0 aliphatic heterocycles. The largest absolute Gasteiger partial charge is 0.300 e. The monoisotopic (exact) mass is 394 g/mol. The van der Waals surface area contributed by atoms with E-state index in [0.29, 0.717) is 5.78 Å². The Kier molecular flexibility index (Phi) is 24.4. The normalized spacial score (nSPS) is 11.2.